The van der Waals surface area contributed by atoms with Gasteiger partial charge in [0.15, 0.2) is 5.25 Å². The van der Waals surface area contributed by atoms with Gasteiger partial charge in [0.2, 0.25) is 14.2 Å². The molecule has 0 spiro atoms. The van der Waals surface area contributed by atoms with Crippen molar-refractivity contribution in [1.82, 2.24) is 4.98 Å². The third-order valence-corrected chi connectivity index (χ3v) is 6.37. The highest BCUT2D eigenvalue weighted by Gasteiger charge is 2.33. The summed E-state index contributed by atoms with van der Waals surface area (Å²) in [6, 6.07) is 4.94. The maximum absolute atomic E-state index is 12.3. The molecule has 0 bridgehead atoms. The standard InChI is InChI=1S/C12H12ClNO4S2/c1-3-18-11(15)7(2)20(16,17)12-14-9-6-8(13)4-5-10(9)19-12/h4-7H,3H2,1-2H3. The summed E-state index contributed by atoms with van der Waals surface area (Å²) < 4.78 is 30.0. The summed E-state index contributed by atoms with van der Waals surface area (Å²) in [6.07, 6.45) is 0. The Morgan fingerprint density at radius 2 is 2.20 bits per heavy atom. The Labute approximate surface area is 125 Å². The Morgan fingerprint density at radius 1 is 1.50 bits per heavy atom. The van der Waals surface area contributed by atoms with Crippen molar-refractivity contribution in [1.29, 1.82) is 0 Å². The third-order valence-electron chi connectivity index (χ3n) is 2.66. The number of halogens is 1. The molecule has 5 nitrogen and oxygen atoms in total. The van der Waals surface area contributed by atoms with Crippen LogP contribution in [0.3, 0.4) is 0 Å². The fourth-order valence-corrected chi connectivity index (χ4v) is 4.40. The largest absolute Gasteiger partial charge is 0.465 e. The summed E-state index contributed by atoms with van der Waals surface area (Å²) in [5.74, 6) is -0.773. The van der Waals surface area contributed by atoms with Gasteiger partial charge in [0.25, 0.3) is 0 Å². The predicted molar refractivity (Wildman–Crippen MR) is 77.9 cm³/mol. The van der Waals surface area contributed by atoms with Gasteiger partial charge in [0.1, 0.15) is 0 Å². The lowest BCUT2D eigenvalue weighted by atomic mass is 10.3. The van der Waals surface area contributed by atoms with Gasteiger partial charge >= 0.3 is 5.97 Å². The normalized spacial score (nSPS) is 13.3. The second-order valence-electron chi connectivity index (χ2n) is 4.03. The zero-order valence-corrected chi connectivity index (χ0v) is 13.2. The molecule has 2 rings (SSSR count). The van der Waals surface area contributed by atoms with Gasteiger partial charge in [0.05, 0.1) is 16.8 Å². The van der Waals surface area contributed by atoms with E-state index in [0.717, 1.165) is 11.3 Å². The third kappa shape index (κ3) is 2.79. The minimum absolute atomic E-state index is 0.102. The van der Waals surface area contributed by atoms with Crippen LogP contribution < -0.4 is 0 Å². The van der Waals surface area contributed by atoms with E-state index >= 15 is 0 Å². The van der Waals surface area contributed by atoms with Gasteiger partial charge < -0.3 is 4.74 Å². The number of carbonyl (C=O) groups excluding carboxylic acids is 1. The van der Waals surface area contributed by atoms with Gasteiger partial charge in [-0.2, -0.15) is 0 Å². The van der Waals surface area contributed by atoms with E-state index < -0.39 is 21.1 Å². The van der Waals surface area contributed by atoms with Crippen LogP contribution in [0.5, 0.6) is 0 Å². The number of fused-ring (bicyclic) bond motifs is 1. The molecule has 1 aromatic heterocycles. The van der Waals surface area contributed by atoms with E-state index in [2.05, 4.69) is 4.98 Å². The lowest BCUT2D eigenvalue weighted by Crippen LogP contribution is -2.29. The lowest BCUT2D eigenvalue weighted by Gasteiger charge is -2.09. The maximum Gasteiger partial charge on any atom is 0.324 e. The molecule has 0 fully saturated rings. The second-order valence-corrected chi connectivity index (χ2v) is 7.94. The second kappa shape index (κ2) is 5.67. The van der Waals surface area contributed by atoms with E-state index in [1.165, 1.54) is 6.92 Å². The van der Waals surface area contributed by atoms with E-state index in [0.29, 0.717) is 15.2 Å². The van der Waals surface area contributed by atoms with Crippen LogP contribution in [0.1, 0.15) is 13.8 Å². The average molecular weight is 334 g/mol. The molecule has 0 radical (unpaired) electrons. The Kier molecular flexibility index (Phi) is 4.31. The van der Waals surface area contributed by atoms with Crippen molar-refractivity contribution >= 4 is 49.0 Å². The van der Waals surface area contributed by atoms with Gasteiger partial charge in [-0.25, -0.2) is 13.4 Å². The van der Waals surface area contributed by atoms with Crippen LogP contribution in [0.2, 0.25) is 5.02 Å². The van der Waals surface area contributed by atoms with Crippen molar-refractivity contribution < 1.29 is 17.9 Å². The first-order chi connectivity index (χ1) is 9.36. The van der Waals surface area contributed by atoms with Gasteiger partial charge in [-0.15, -0.1) is 11.3 Å². The molecule has 108 valence electrons. The fourth-order valence-electron chi connectivity index (χ4n) is 1.54. The van der Waals surface area contributed by atoms with Crippen LogP contribution in [0.25, 0.3) is 10.2 Å². The van der Waals surface area contributed by atoms with Crippen LogP contribution >= 0.6 is 22.9 Å². The fraction of sp³-hybridized carbons (Fsp3) is 0.333. The van der Waals surface area contributed by atoms with Gasteiger partial charge in [0, 0.05) is 5.02 Å². The van der Waals surface area contributed by atoms with Crippen molar-refractivity contribution in [3.05, 3.63) is 23.2 Å². The molecule has 0 saturated heterocycles. The van der Waals surface area contributed by atoms with Crippen molar-refractivity contribution in [2.24, 2.45) is 0 Å². The van der Waals surface area contributed by atoms with E-state index in [9.17, 15) is 13.2 Å². The Morgan fingerprint density at radius 3 is 2.85 bits per heavy atom. The highest BCUT2D eigenvalue weighted by atomic mass is 35.5. The SMILES string of the molecule is CCOC(=O)C(C)S(=O)(=O)c1nc2cc(Cl)ccc2s1. The van der Waals surface area contributed by atoms with Crippen molar-refractivity contribution in [3.63, 3.8) is 0 Å². The molecule has 1 unspecified atom stereocenters. The molecule has 1 heterocycles. The molecular weight excluding hydrogens is 322 g/mol. The average Bonchev–Trinajstić information content (AvgIpc) is 2.81. The number of esters is 1. The van der Waals surface area contributed by atoms with Gasteiger partial charge in [-0.1, -0.05) is 11.6 Å². The first-order valence-electron chi connectivity index (χ1n) is 5.83. The number of hydrogen-bond donors (Lipinski definition) is 0. The number of carbonyl (C=O) groups is 1. The number of ether oxygens (including phenoxy) is 1. The zero-order valence-electron chi connectivity index (χ0n) is 10.8. The summed E-state index contributed by atoms with van der Waals surface area (Å²) in [5, 5.41) is -0.802. The molecule has 1 aromatic carbocycles. The topological polar surface area (TPSA) is 73.3 Å². The number of nitrogens with zero attached hydrogens (tertiary/aromatic N) is 1. The maximum atomic E-state index is 12.3. The van der Waals surface area contributed by atoms with Crippen LogP contribution in [-0.2, 0) is 19.4 Å². The molecule has 0 aliphatic heterocycles. The van der Waals surface area contributed by atoms with E-state index in [4.69, 9.17) is 16.3 Å². The van der Waals surface area contributed by atoms with E-state index in [1.807, 2.05) is 0 Å². The number of aromatic nitrogens is 1. The monoisotopic (exact) mass is 333 g/mol. The summed E-state index contributed by atoms with van der Waals surface area (Å²) in [4.78, 5) is 15.6. The molecule has 1 atom stereocenters. The smallest absolute Gasteiger partial charge is 0.324 e. The number of sulfone groups is 1. The van der Waals surface area contributed by atoms with E-state index in [1.54, 1.807) is 25.1 Å². The Bertz CT molecular complexity index is 754. The van der Waals surface area contributed by atoms with Crippen LogP contribution in [0, 0.1) is 0 Å². The number of benzene rings is 1. The molecule has 8 heteroatoms. The molecule has 2 aromatic rings. The molecular formula is C12H12ClNO4S2. The van der Waals surface area contributed by atoms with Gasteiger partial charge in [-0.3, -0.25) is 4.79 Å². The number of hydrogen-bond acceptors (Lipinski definition) is 6. The van der Waals surface area contributed by atoms with Crippen molar-refractivity contribution in [2.45, 2.75) is 23.4 Å². The van der Waals surface area contributed by atoms with E-state index in [-0.39, 0.29) is 10.9 Å². The Hall–Kier alpha value is -1.18. The highest BCUT2D eigenvalue weighted by Crippen LogP contribution is 2.29. The molecule has 0 saturated carbocycles. The number of rotatable bonds is 4. The summed E-state index contributed by atoms with van der Waals surface area (Å²) in [5.41, 5.74) is 0.497. The summed E-state index contributed by atoms with van der Waals surface area (Å²) in [6.45, 7) is 3.05. The summed E-state index contributed by atoms with van der Waals surface area (Å²) in [7, 11) is -3.85. The molecule has 0 amide bonds. The minimum Gasteiger partial charge on any atom is -0.465 e. The van der Waals surface area contributed by atoms with Crippen molar-refractivity contribution in [2.75, 3.05) is 6.61 Å². The first kappa shape index (κ1) is 15.2. The van der Waals surface area contributed by atoms with Crippen LogP contribution in [0.15, 0.2) is 22.5 Å². The zero-order chi connectivity index (χ0) is 14.9. The number of thiazole rings is 1. The minimum atomic E-state index is -3.85. The first-order valence-corrected chi connectivity index (χ1v) is 8.57. The Balaban J connectivity index is 2.43. The molecule has 20 heavy (non-hydrogen) atoms. The van der Waals surface area contributed by atoms with Crippen molar-refractivity contribution in [3.8, 4) is 0 Å². The van der Waals surface area contributed by atoms with Crippen LogP contribution in [-0.4, -0.2) is 31.2 Å². The van der Waals surface area contributed by atoms with Crippen LogP contribution in [0.4, 0.5) is 0 Å². The molecule has 0 N–H and O–H groups in total. The van der Waals surface area contributed by atoms with Gasteiger partial charge in [-0.05, 0) is 32.0 Å². The highest BCUT2D eigenvalue weighted by molar-refractivity contribution is 7.94. The quantitative estimate of drug-likeness (QED) is 0.804. The lowest BCUT2D eigenvalue weighted by molar-refractivity contribution is -0.142. The molecule has 0 aliphatic carbocycles. The molecule has 0 aliphatic rings. The predicted octanol–water partition coefficient (Wildman–Crippen LogP) is 2.68. The summed E-state index contributed by atoms with van der Waals surface area (Å²) >= 11 is 6.85.